The number of urea groups is 1. The average Bonchev–Trinajstić information content (AvgIpc) is 3.26. The van der Waals surface area contributed by atoms with Crippen molar-refractivity contribution in [1.29, 1.82) is 0 Å². The van der Waals surface area contributed by atoms with Gasteiger partial charge < -0.3 is 19.3 Å². The lowest BCUT2D eigenvalue weighted by Crippen LogP contribution is -2.42. The molecule has 0 bridgehead atoms. The summed E-state index contributed by atoms with van der Waals surface area (Å²) in [6.45, 7) is 6.51. The van der Waals surface area contributed by atoms with Crippen LogP contribution in [0.4, 0.5) is 9.18 Å². The van der Waals surface area contributed by atoms with E-state index in [-0.39, 0.29) is 23.8 Å². The highest BCUT2D eigenvalue weighted by atomic mass is 19.1. The SMILES string of the molecule is CCN(CCCN(C)C(=O)N1N=C2c3cc(F)ccc3OCC2C1c1ccccc1)CCOC. The van der Waals surface area contributed by atoms with E-state index in [0.29, 0.717) is 36.8 Å². The molecule has 0 aromatic heterocycles. The fourth-order valence-electron chi connectivity index (χ4n) is 4.64. The summed E-state index contributed by atoms with van der Waals surface area (Å²) in [6.07, 6.45) is 0.848. The molecule has 2 heterocycles. The maximum absolute atomic E-state index is 14.1. The number of hydrogen-bond acceptors (Lipinski definition) is 5. The summed E-state index contributed by atoms with van der Waals surface area (Å²) in [7, 11) is 3.51. The van der Waals surface area contributed by atoms with Crippen molar-refractivity contribution in [2.24, 2.45) is 11.0 Å². The van der Waals surface area contributed by atoms with Gasteiger partial charge >= 0.3 is 6.03 Å². The molecule has 0 saturated carbocycles. The van der Waals surface area contributed by atoms with Gasteiger partial charge in [-0.3, -0.25) is 0 Å². The number of carbonyl (C=O) groups excluding carboxylic acids is 1. The molecule has 0 N–H and O–H groups in total. The van der Waals surface area contributed by atoms with E-state index >= 15 is 0 Å². The predicted octanol–water partition coefficient (Wildman–Crippen LogP) is 4.01. The standard InChI is InChI=1S/C26H33FN4O3/c1-4-30(15-16-33-3)14-8-13-29(2)26(32)31-25(19-9-6-5-7-10-19)22-18-34-23-12-11-20(27)17-21(23)24(22)28-31/h5-7,9-12,17,22,25H,4,8,13-16,18H2,1-3H3. The third-order valence-electron chi connectivity index (χ3n) is 6.54. The molecule has 8 heteroatoms. The first-order chi connectivity index (χ1) is 16.5. The summed E-state index contributed by atoms with van der Waals surface area (Å²) in [5.41, 5.74) is 2.30. The highest BCUT2D eigenvalue weighted by Crippen LogP contribution is 2.42. The lowest BCUT2D eigenvalue weighted by atomic mass is 9.86. The smallest absolute Gasteiger partial charge is 0.340 e. The van der Waals surface area contributed by atoms with Gasteiger partial charge in [-0.25, -0.2) is 14.2 Å². The van der Waals surface area contributed by atoms with E-state index in [1.165, 1.54) is 12.1 Å². The van der Waals surface area contributed by atoms with Gasteiger partial charge in [0.2, 0.25) is 0 Å². The van der Waals surface area contributed by atoms with Gasteiger partial charge in [0, 0.05) is 32.8 Å². The Morgan fingerprint density at radius 2 is 2.00 bits per heavy atom. The number of hydrogen-bond donors (Lipinski definition) is 0. The van der Waals surface area contributed by atoms with Gasteiger partial charge in [0.1, 0.15) is 11.6 Å². The van der Waals surface area contributed by atoms with Crippen LogP contribution in [0, 0.1) is 11.7 Å². The molecule has 0 saturated heterocycles. The zero-order valence-electron chi connectivity index (χ0n) is 20.1. The zero-order valence-corrected chi connectivity index (χ0v) is 20.1. The first-order valence-corrected chi connectivity index (χ1v) is 11.8. The summed E-state index contributed by atoms with van der Waals surface area (Å²) in [6, 6.07) is 13.8. The number of ether oxygens (including phenoxy) is 2. The van der Waals surface area contributed by atoms with Crippen molar-refractivity contribution >= 4 is 11.7 Å². The minimum atomic E-state index is -0.349. The first-order valence-electron chi connectivity index (χ1n) is 11.8. The predicted molar refractivity (Wildman–Crippen MR) is 130 cm³/mol. The lowest BCUT2D eigenvalue weighted by molar-refractivity contribution is 0.128. The Balaban J connectivity index is 1.54. The van der Waals surface area contributed by atoms with Gasteiger partial charge in [-0.15, -0.1) is 0 Å². The molecule has 2 aromatic rings. The summed E-state index contributed by atoms with van der Waals surface area (Å²) in [5, 5.41) is 6.31. The quantitative estimate of drug-likeness (QED) is 0.558. The van der Waals surface area contributed by atoms with Gasteiger partial charge in [0.15, 0.2) is 0 Å². The molecule has 182 valence electrons. The molecule has 2 aliphatic heterocycles. The summed E-state index contributed by atoms with van der Waals surface area (Å²) >= 11 is 0. The Labute approximate surface area is 200 Å². The second kappa shape index (κ2) is 11.0. The Bertz CT molecular complexity index is 1020. The lowest BCUT2D eigenvalue weighted by Gasteiger charge is -2.31. The third kappa shape index (κ3) is 5.08. The maximum Gasteiger partial charge on any atom is 0.340 e. The fraction of sp³-hybridized carbons (Fsp3) is 0.462. The first kappa shape index (κ1) is 24.2. The second-order valence-electron chi connectivity index (χ2n) is 8.73. The van der Waals surface area contributed by atoms with Gasteiger partial charge in [-0.1, -0.05) is 37.3 Å². The van der Waals surface area contributed by atoms with E-state index in [4.69, 9.17) is 14.6 Å². The van der Waals surface area contributed by atoms with Crippen LogP contribution in [0.2, 0.25) is 0 Å². The number of hydrazone groups is 1. The fourth-order valence-corrected chi connectivity index (χ4v) is 4.64. The molecule has 2 unspecified atom stereocenters. The monoisotopic (exact) mass is 468 g/mol. The van der Waals surface area contributed by atoms with E-state index < -0.39 is 0 Å². The number of benzene rings is 2. The molecule has 2 aliphatic rings. The van der Waals surface area contributed by atoms with Crippen molar-refractivity contribution in [2.45, 2.75) is 19.4 Å². The zero-order chi connectivity index (χ0) is 24.1. The summed E-state index contributed by atoms with van der Waals surface area (Å²) < 4.78 is 25.2. The van der Waals surface area contributed by atoms with Crippen LogP contribution in [0.1, 0.15) is 30.5 Å². The third-order valence-corrected chi connectivity index (χ3v) is 6.54. The van der Waals surface area contributed by atoms with Crippen LogP contribution in [0.5, 0.6) is 5.75 Å². The van der Waals surface area contributed by atoms with Crippen LogP contribution < -0.4 is 4.74 Å². The highest BCUT2D eigenvalue weighted by Gasteiger charge is 2.45. The van der Waals surface area contributed by atoms with Crippen molar-refractivity contribution in [3.8, 4) is 5.75 Å². The van der Waals surface area contributed by atoms with Gasteiger partial charge in [0.05, 0.1) is 30.9 Å². The van der Waals surface area contributed by atoms with Gasteiger partial charge in [0.25, 0.3) is 0 Å². The van der Waals surface area contributed by atoms with Crippen LogP contribution >= 0.6 is 0 Å². The minimum Gasteiger partial charge on any atom is -0.492 e. The van der Waals surface area contributed by atoms with Crippen LogP contribution in [0.25, 0.3) is 0 Å². The Morgan fingerprint density at radius 1 is 1.21 bits per heavy atom. The molecule has 2 atom stereocenters. The molecule has 0 radical (unpaired) electrons. The molecule has 34 heavy (non-hydrogen) atoms. The van der Waals surface area contributed by atoms with Crippen LogP contribution in [-0.2, 0) is 4.74 Å². The maximum atomic E-state index is 14.1. The van der Waals surface area contributed by atoms with E-state index in [1.54, 1.807) is 23.1 Å². The number of likely N-dealkylation sites (N-methyl/N-ethyl adjacent to an activating group) is 1. The molecule has 0 fully saturated rings. The molecular weight excluding hydrogens is 435 g/mol. The molecule has 7 nitrogen and oxygen atoms in total. The molecule has 2 aromatic carbocycles. The minimum absolute atomic E-state index is 0.168. The van der Waals surface area contributed by atoms with Crippen molar-refractivity contribution in [3.63, 3.8) is 0 Å². The second-order valence-corrected chi connectivity index (χ2v) is 8.73. The van der Waals surface area contributed by atoms with E-state index in [2.05, 4.69) is 11.8 Å². The summed E-state index contributed by atoms with van der Waals surface area (Å²) in [5.74, 6) is 0.0815. The summed E-state index contributed by atoms with van der Waals surface area (Å²) in [4.78, 5) is 17.6. The normalized spacial score (nSPS) is 18.9. The Kier molecular flexibility index (Phi) is 7.80. The number of rotatable bonds is 9. The van der Waals surface area contributed by atoms with Gasteiger partial charge in [-0.05, 0) is 43.3 Å². The van der Waals surface area contributed by atoms with E-state index in [9.17, 15) is 9.18 Å². The van der Waals surface area contributed by atoms with Crippen LogP contribution in [0.3, 0.4) is 0 Å². The molecule has 4 rings (SSSR count). The number of amides is 2. The number of fused-ring (bicyclic) bond motifs is 3. The van der Waals surface area contributed by atoms with Crippen molar-refractivity contribution in [2.75, 3.05) is 53.6 Å². The topological polar surface area (TPSA) is 57.6 Å². The number of methoxy groups -OCH3 is 1. The molecule has 0 aliphatic carbocycles. The van der Waals surface area contributed by atoms with Crippen LogP contribution in [-0.4, -0.2) is 80.1 Å². The average molecular weight is 469 g/mol. The number of halogens is 1. The molecule has 2 amide bonds. The molecular formula is C26H33FN4O3. The van der Waals surface area contributed by atoms with E-state index in [1.807, 2.05) is 37.4 Å². The van der Waals surface area contributed by atoms with Crippen LogP contribution in [0.15, 0.2) is 53.6 Å². The number of nitrogens with zero attached hydrogens (tertiary/aromatic N) is 4. The Hall–Kier alpha value is -2.97. The molecule has 0 spiro atoms. The number of carbonyl (C=O) groups is 1. The largest absolute Gasteiger partial charge is 0.492 e. The van der Waals surface area contributed by atoms with Crippen molar-refractivity contribution < 1.29 is 18.7 Å². The van der Waals surface area contributed by atoms with Gasteiger partial charge in [-0.2, -0.15) is 5.10 Å². The van der Waals surface area contributed by atoms with Crippen molar-refractivity contribution in [1.82, 2.24) is 14.8 Å². The highest BCUT2D eigenvalue weighted by molar-refractivity contribution is 6.07. The Morgan fingerprint density at radius 3 is 2.74 bits per heavy atom. The van der Waals surface area contributed by atoms with Crippen molar-refractivity contribution in [3.05, 3.63) is 65.5 Å². The van der Waals surface area contributed by atoms with E-state index in [0.717, 1.165) is 31.6 Å².